The highest BCUT2D eigenvalue weighted by molar-refractivity contribution is 8.00. The summed E-state index contributed by atoms with van der Waals surface area (Å²) in [5, 5.41) is 0.419. The Morgan fingerprint density at radius 1 is 1.46 bits per heavy atom. The van der Waals surface area contributed by atoms with Crippen LogP contribution in [0.15, 0.2) is 29.2 Å². The van der Waals surface area contributed by atoms with Gasteiger partial charge in [0.05, 0.1) is 16.5 Å². The summed E-state index contributed by atoms with van der Waals surface area (Å²) in [6, 6.07) is 7.49. The second-order valence-corrected chi connectivity index (χ2v) is 9.73. The van der Waals surface area contributed by atoms with Crippen LogP contribution >= 0.6 is 23.4 Å². The van der Waals surface area contributed by atoms with Gasteiger partial charge >= 0.3 is 0 Å². The Kier molecular flexibility index (Phi) is 6.98. The van der Waals surface area contributed by atoms with Crippen LogP contribution in [-0.4, -0.2) is 50.4 Å². The predicted octanol–water partition coefficient (Wildman–Crippen LogP) is 2.61. The molecule has 0 spiro atoms. The number of nitrogens with one attached hydrogen (secondary N) is 1. The number of benzene rings is 1. The fourth-order valence-electron chi connectivity index (χ4n) is 2.74. The highest BCUT2D eigenvalue weighted by Crippen LogP contribution is 2.31. The number of carbonyl (C=O) groups is 1. The first-order chi connectivity index (χ1) is 11.3. The summed E-state index contributed by atoms with van der Waals surface area (Å²) in [5.74, 6) is 0.235. The molecule has 1 N–H and O–H groups in total. The zero-order chi connectivity index (χ0) is 17.7. The Bertz CT molecular complexity index is 682. The Hall–Kier alpha value is -0.760. The number of thioether (sulfide) groups is 1. The first kappa shape index (κ1) is 19.6. The standard InChI is InChI=1S/C16H23ClN2O3S2/c1-12(23-15-8-4-3-7-14(15)17)16(20)19-9-5-6-13(11-19)10-18-24(2,21)22/h3-4,7-8,12-13,18H,5-6,9-11H2,1-2H3. The zero-order valence-corrected chi connectivity index (χ0v) is 16.3. The fourth-order valence-corrected chi connectivity index (χ4v) is 4.52. The summed E-state index contributed by atoms with van der Waals surface area (Å²) in [6.07, 6.45) is 2.98. The molecule has 1 aromatic rings. The molecule has 24 heavy (non-hydrogen) atoms. The summed E-state index contributed by atoms with van der Waals surface area (Å²) in [7, 11) is -3.20. The van der Waals surface area contributed by atoms with E-state index in [1.54, 1.807) is 0 Å². The van der Waals surface area contributed by atoms with Crippen LogP contribution in [0.3, 0.4) is 0 Å². The minimum Gasteiger partial charge on any atom is -0.341 e. The maximum Gasteiger partial charge on any atom is 0.235 e. The van der Waals surface area contributed by atoms with E-state index in [9.17, 15) is 13.2 Å². The molecule has 2 atom stereocenters. The summed E-state index contributed by atoms with van der Waals surface area (Å²) in [6.45, 7) is 3.58. The minimum atomic E-state index is -3.20. The van der Waals surface area contributed by atoms with Gasteiger partial charge in [0.15, 0.2) is 0 Å². The van der Waals surface area contributed by atoms with E-state index >= 15 is 0 Å². The number of hydrogen-bond acceptors (Lipinski definition) is 4. The fraction of sp³-hybridized carbons (Fsp3) is 0.562. The second-order valence-electron chi connectivity index (χ2n) is 6.10. The molecule has 1 heterocycles. The molecule has 0 aromatic heterocycles. The van der Waals surface area contributed by atoms with Crippen molar-refractivity contribution in [1.82, 2.24) is 9.62 Å². The van der Waals surface area contributed by atoms with Crippen LogP contribution in [0.25, 0.3) is 0 Å². The number of carbonyl (C=O) groups excluding carboxylic acids is 1. The lowest BCUT2D eigenvalue weighted by Crippen LogP contribution is -2.46. The van der Waals surface area contributed by atoms with Crippen molar-refractivity contribution < 1.29 is 13.2 Å². The summed E-state index contributed by atoms with van der Waals surface area (Å²) < 4.78 is 25.0. The van der Waals surface area contributed by atoms with Gasteiger partial charge in [0.2, 0.25) is 15.9 Å². The lowest BCUT2D eigenvalue weighted by molar-refractivity contribution is -0.132. The Balaban J connectivity index is 1.92. The molecule has 1 saturated heterocycles. The quantitative estimate of drug-likeness (QED) is 0.758. The van der Waals surface area contributed by atoms with Crippen LogP contribution < -0.4 is 4.72 Å². The van der Waals surface area contributed by atoms with Crippen LogP contribution in [0, 0.1) is 5.92 Å². The Morgan fingerprint density at radius 3 is 2.83 bits per heavy atom. The maximum absolute atomic E-state index is 12.7. The summed E-state index contributed by atoms with van der Waals surface area (Å²) in [4.78, 5) is 15.4. The van der Waals surface area contributed by atoms with Gasteiger partial charge in [-0.05, 0) is 37.8 Å². The third kappa shape index (κ3) is 5.95. The molecule has 1 aromatic carbocycles. The molecule has 1 aliphatic rings. The number of hydrogen-bond donors (Lipinski definition) is 1. The molecule has 134 valence electrons. The first-order valence-corrected chi connectivity index (χ1v) is 11.1. The average molecular weight is 391 g/mol. The highest BCUT2D eigenvalue weighted by Gasteiger charge is 2.27. The van der Waals surface area contributed by atoms with Crippen molar-refractivity contribution in [2.45, 2.75) is 29.9 Å². The maximum atomic E-state index is 12.7. The summed E-state index contributed by atoms with van der Waals surface area (Å²) >= 11 is 7.61. The monoisotopic (exact) mass is 390 g/mol. The average Bonchev–Trinajstić information content (AvgIpc) is 2.54. The number of rotatable bonds is 6. The van der Waals surface area contributed by atoms with Gasteiger partial charge < -0.3 is 4.90 Å². The van der Waals surface area contributed by atoms with Crippen molar-refractivity contribution >= 4 is 39.3 Å². The number of sulfonamides is 1. The lowest BCUT2D eigenvalue weighted by atomic mass is 9.98. The van der Waals surface area contributed by atoms with E-state index in [2.05, 4.69) is 4.72 Å². The molecular weight excluding hydrogens is 368 g/mol. The van der Waals surface area contributed by atoms with Crippen LogP contribution in [0.1, 0.15) is 19.8 Å². The molecule has 0 bridgehead atoms. The van der Waals surface area contributed by atoms with Crippen molar-refractivity contribution in [2.75, 3.05) is 25.9 Å². The molecule has 0 aliphatic carbocycles. The zero-order valence-electron chi connectivity index (χ0n) is 13.9. The Morgan fingerprint density at radius 2 is 2.17 bits per heavy atom. The van der Waals surface area contributed by atoms with Gasteiger partial charge in [0.1, 0.15) is 0 Å². The number of likely N-dealkylation sites (tertiary alicyclic amines) is 1. The Labute approximate surface area is 153 Å². The third-order valence-electron chi connectivity index (χ3n) is 3.95. The van der Waals surface area contributed by atoms with Crippen LogP contribution in [0.4, 0.5) is 0 Å². The van der Waals surface area contributed by atoms with Gasteiger partial charge in [-0.1, -0.05) is 23.7 Å². The van der Waals surface area contributed by atoms with Gasteiger partial charge in [0, 0.05) is 24.5 Å². The number of halogens is 1. The predicted molar refractivity (Wildman–Crippen MR) is 98.9 cm³/mol. The van der Waals surface area contributed by atoms with E-state index in [0.29, 0.717) is 18.1 Å². The molecule has 1 fully saturated rings. The van der Waals surface area contributed by atoms with Gasteiger partial charge in [-0.25, -0.2) is 13.1 Å². The van der Waals surface area contributed by atoms with Crippen LogP contribution in [0.2, 0.25) is 5.02 Å². The minimum absolute atomic E-state index is 0.0731. The molecule has 1 aliphatic heterocycles. The number of amides is 1. The van der Waals surface area contributed by atoms with E-state index in [-0.39, 0.29) is 17.1 Å². The van der Waals surface area contributed by atoms with Crippen LogP contribution in [0.5, 0.6) is 0 Å². The van der Waals surface area contributed by atoms with Crippen molar-refractivity contribution in [2.24, 2.45) is 5.92 Å². The summed E-state index contributed by atoms with van der Waals surface area (Å²) in [5.41, 5.74) is 0. The van der Waals surface area contributed by atoms with Gasteiger partial charge in [-0.15, -0.1) is 11.8 Å². The lowest BCUT2D eigenvalue weighted by Gasteiger charge is -2.34. The van der Waals surface area contributed by atoms with Gasteiger partial charge in [-0.3, -0.25) is 4.79 Å². The van der Waals surface area contributed by atoms with Crippen molar-refractivity contribution in [3.63, 3.8) is 0 Å². The highest BCUT2D eigenvalue weighted by atomic mass is 35.5. The van der Waals surface area contributed by atoms with E-state index in [1.807, 2.05) is 36.1 Å². The van der Waals surface area contributed by atoms with E-state index < -0.39 is 10.0 Å². The smallest absolute Gasteiger partial charge is 0.235 e. The molecule has 0 radical (unpaired) electrons. The van der Waals surface area contributed by atoms with Gasteiger partial charge in [-0.2, -0.15) is 0 Å². The van der Waals surface area contributed by atoms with Crippen molar-refractivity contribution in [3.8, 4) is 0 Å². The van der Waals surface area contributed by atoms with Crippen molar-refractivity contribution in [1.29, 1.82) is 0 Å². The SMILES string of the molecule is CC(Sc1ccccc1Cl)C(=O)N1CCCC(CNS(C)(=O)=O)C1. The molecule has 2 rings (SSSR count). The van der Waals surface area contributed by atoms with E-state index in [4.69, 9.17) is 11.6 Å². The first-order valence-electron chi connectivity index (χ1n) is 7.91. The molecule has 0 saturated carbocycles. The van der Waals surface area contributed by atoms with E-state index in [1.165, 1.54) is 11.8 Å². The number of nitrogens with zero attached hydrogens (tertiary/aromatic N) is 1. The van der Waals surface area contributed by atoms with Crippen molar-refractivity contribution in [3.05, 3.63) is 29.3 Å². The largest absolute Gasteiger partial charge is 0.341 e. The molecule has 5 nitrogen and oxygen atoms in total. The van der Waals surface area contributed by atoms with Crippen LogP contribution in [-0.2, 0) is 14.8 Å². The van der Waals surface area contributed by atoms with Gasteiger partial charge in [0.25, 0.3) is 0 Å². The molecule has 2 unspecified atom stereocenters. The molecule has 8 heteroatoms. The third-order valence-corrected chi connectivity index (χ3v) is 6.25. The molecular formula is C16H23ClN2O3S2. The second kappa shape index (κ2) is 8.56. The normalized spacial score (nSPS) is 20.0. The number of piperidine rings is 1. The van der Waals surface area contributed by atoms with E-state index in [0.717, 1.165) is 30.5 Å². The molecule has 1 amide bonds. The topological polar surface area (TPSA) is 66.5 Å².